The van der Waals surface area contributed by atoms with Crippen LogP contribution in [0.5, 0.6) is 0 Å². The Bertz CT molecular complexity index is 1110. The predicted molar refractivity (Wildman–Crippen MR) is 110 cm³/mol. The van der Waals surface area contributed by atoms with Crippen molar-refractivity contribution < 1.29 is 19.2 Å². The molecule has 2 N–H and O–H groups in total. The number of non-ortho nitro benzene ring substituents is 1. The fourth-order valence-electron chi connectivity index (χ4n) is 3.96. The molecular weight excluding hydrogens is 384 g/mol. The first kappa shape index (κ1) is 19.6. The van der Waals surface area contributed by atoms with Crippen molar-refractivity contribution in [3.05, 3.63) is 98.1 Å². The summed E-state index contributed by atoms with van der Waals surface area (Å²) in [4.78, 5) is 36.8. The maximum Gasteiger partial charge on any atom is 0.269 e. The number of hydrogen-bond donors (Lipinski definition) is 1. The third kappa shape index (κ3) is 3.39. The molecule has 7 nitrogen and oxygen atoms in total. The summed E-state index contributed by atoms with van der Waals surface area (Å²) in [5.41, 5.74) is 8.74. The van der Waals surface area contributed by atoms with Gasteiger partial charge in [0.05, 0.1) is 16.4 Å². The van der Waals surface area contributed by atoms with Crippen LogP contribution in [0.3, 0.4) is 0 Å². The van der Waals surface area contributed by atoms with Crippen LogP contribution in [0.25, 0.3) is 0 Å². The number of ether oxygens (including phenoxy) is 1. The van der Waals surface area contributed by atoms with Crippen LogP contribution in [0.2, 0.25) is 0 Å². The molecule has 7 heteroatoms. The summed E-state index contributed by atoms with van der Waals surface area (Å²) >= 11 is 0. The number of ketones is 2. The van der Waals surface area contributed by atoms with Crippen LogP contribution >= 0.6 is 0 Å². The number of Topliss-reactive ketones (excluding diaryl/α,β-unsaturated/α-hetero) is 2. The Morgan fingerprint density at radius 3 is 2.40 bits per heavy atom. The number of aryl methyl sites for hydroxylation is 1. The number of nitro groups is 1. The van der Waals surface area contributed by atoms with Gasteiger partial charge in [-0.2, -0.15) is 0 Å². The van der Waals surface area contributed by atoms with Crippen LogP contribution in [0.4, 0.5) is 5.69 Å². The average molecular weight is 404 g/mol. The van der Waals surface area contributed by atoms with E-state index in [9.17, 15) is 19.7 Å². The number of allylic oxidation sites excluding steroid dienone is 3. The normalized spacial score (nSPS) is 18.7. The standard InChI is InChI=1S/C23H20N2O5/c1-13-5-7-15(8-6-13)22(27)21-19(14-9-11-16(12-10-14)25(28)29)20-17(26)3-2-4-18(20)30-23(21)24/h5-12,19H,2-4,24H2,1H3/t19-/m1/s1. The Hall–Kier alpha value is -3.74. The summed E-state index contributed by atoms with van der Waals surface area (Å²) in [6.45, 7) is 1.92. The van der Waals surface area contributed by atoms with E-state index in [4.69, 9.17) is 10.5 Å². The van der Waals surface area contributed by atoms with Gasteiger partial charge in [0.15, 0.2) is 17.4 Å². The van der Waals surface area contributed by atoms with Crippen molar-refractivity contribution in [2.24, 2.45) is 5.73 Å². The summed E-state index contributed by atoms with van der Waals surface area (Å²) in [7, 11) is 0. The first-order chi connectivity index (χ1) is 14.4. The van der Waals surface area contributed by atoms with E-state index in [0.717, 1.165) is 5.56 Å². The summed E-state index contributed by atoms with van der Waals surface area (Å²) < 4.78 is 5.74. The molecule has 4 rings (SSSR count). The quantitative estimate of drug-likeness (QED) is 0.467. The minimum atomic E-state index is -0.726. The Morgan fingerprint density at radius 2 is 1.77 bits per heavy atom. The molecule has 0 unspecified atom stereocenters. The SMILES string of the molecule is Cc1ccc(C(=O)C2=C(N)OC3=C(C(=O)CCC3)[C@H]2c2ccc([N+](=O)[O-])cc2)cc1. The summed E-state index contributed by atoms with van der Waals surface area (Å²) in [5, 5.41) is 11.0. The molecule has 0 amide bonds. The molecule has 0 saturated carbocycles. The number of rotatable bonds is 4. The van der Waals surface area contributed by atoms with Crippen molar-refractivity contribution in [1.82, 2.24) is 0 Å². The van der Waals surface area contributed by atoms with Crippen LogP contribution < -0.4 is 5.73 Å². The summed E-state index contributed by atoms with van der Waals surface area (Å²) in [6.07, 6.45) is 1.56. The summed E-state index contributed by atoms with van der Waals surface area (Å²) in [6, 6.07) is 12.9. The Labute approximate surface area is 173 Å². The van der Waals surface area contributed by atoms with Gasteiger partial charge in [-0.1, -0.05) is 42.0 Å². The minimum Gasteiger partial charge on any atom is -0.445 e. The highest BCUT2D eigenvalue weighted by Crippen LogP contribution is 2.44. The topological polar surface area (TPSA) is 113 Å². The number of carbonyl (C=O) groups is 2. The summed E-state index contributed by atoms with van der Waals surface area (Å²) in [5.74, 6) is -0.705. The second-order valence-electron chi connectivity index (χ2n) is 7.47. The van der Waals surface area contributed by atoms with Crippen molar-refractivity contribution in [1.29, 1.82) is 0 Å². The van der Waals surface area contributed by atoms with Crippen molar-refractivity contribution in [3.63, 3.8) is 0 Å². The van der Waals surface area contributed by atoms with Gasteiger partial charge in [-0.3, -0.25) is 19.7 Å². The highest BCUT2D eigenvalue weighted by atomic mass is 16.6. The van der Waals surface area contributed by atoms with Crippen LogP contribution in [-0.4, -0.2) is 16.5 Å². The largest absolute Gasteiger partial charge is 0.445 e. The third-order valence-corrected chi connectivity index (χ3v) is 5.48. The number of hydrogen-bond acceptors (Lipinski definition) is 6. The van der Waals surface area contributed by atoms with E-state index >= 15 is 0 Å². The highest BCUT2D eigenvalue weighted by Gasteiger charge is 2.40. The molecule has 152 valence electrons. The number of benzene rings is 2. The van der Waals surface area contributed by atoms with Crippen LogP contribution in [-0.2, 0) is 9.53 Å². The molecule has 1 aliphatic heterocycles. The van der Waals surface area contributed by atoms with E-state index in [-0.39, 0.29) is 28.7 Å². The predicted octanol–water partition coefficient (Wildman–Crippen LogP) is 4.08. The Balaban J connectivity index is 1.86. The number of nitrogens with two attached hydrogens (primary N) is 1. The molecule has 0 saturated heterocycles. The van der Waals surface area contributed by atoms with Gasteiger partial charge in [-0.25, -0.2) is 0 Å². The lowest BCUT2D eigenvalue weighted by molar-refractivity contribution is -0.384. The maximum atomic E-state index is 13.4. The van der Waals surface area contributed by atoms with Crippen LogP contribution in [0.1, 0.15) is 46.7 Å². The molecule has 2 aliphatic rings. The van der Waals surface area contributed by atoms with Gasteiger partial charge in [-0.05, 0) is 18.9 Å². The highest BCUT2D eigenvalue weighted by molar-refractivity contribution is 6.12. The smallest absolute Gasteiger partial charge is 0.269 e. The van der Waals surface area contributed by atoms with E-state index in [2.05, 4.69) is 0 Å². The van der Waals surface area contributed by atoms with Gasteiger partial charge in [0, 0.05) is 36.1 Å². The molecule has 0 bridgehead atoms. The number of nitrogens with zero attached hydrogens (tertiary/aromatic N) is 1. The Morgan fingerprint density at radius 1 is 1.10 bits per heavy atom. The van der Waals surface area contributed by atoms with Gasteiger partial charge in [0.1, 0.15) is 5.76 Å². The molecule has 0 radical (unpaired) electrons. The molecule has 0 aromatic heterocycles. The molecule has 1 heterocycles. The van der Waals surface area contributed by atoms with E-state index in [1.165, 1.54) is 12.1 Å². The molecule has 2 aromatic rings. The second kappa shape index (κ2) is 7.59. The molecule has 2 aromatic carbocycles. The van der Waals surface area contributed by atoms with Crippen molar-refractivity contribution >= 4 is 17.3 Å². The van der Waals surface area contributed by atoms with Gasteiger partial charge in [-0.15, -0.1) is 0 Å². The minimum absolute atomic E-state index is 0.0302. The van der Waals surface area contributed by atoms with E-state index in [1.54, 1.807) is 24.3 Å². The lowest BCUT2D eigenvalue weighted by Crippen LogP contribution is -2.30. The lowest BCUT2D eigenvalue weighted by atomic mass is 9.75. The van der Waals surface area contributed by atoms with Gasteiger partial charge < -0.3 is 10.5 Å². The van der Waals surface area contributed by atoms with Crippen LogP contribution in [0.15, 0.2) is 71.3 Å². The molecule has 1 atom stereocenters. The van der Waals surface area contributed by atoms with E-state index in [0.29, 0.717) is 41.7 Å². The zero-order valence-electron chi connectivity index (χ0n) is 16.4. The zero-order chi connectivity index (χ0) is 21.4. The van der Waals surface area contributed by atoms with E-state index < -0.39 is 10.8 Å². The number of carbonyl (C=O) groups excluding carboxylic acids is 2. The van der Waals surface area contributed by atoms with Crippen molar-refractivity contribution in [2.45, 2.75) is 32.1 Å². The fourth-order valence-corrected chi connectivity index (χ4v) is 3.96. The first-order valence-corrected chi connectivity index (χ1v) is 9.66. The van der Waals surface area contributed by atoms with Crippen LogP contribution in [0, 0.1) is 17.0 Å². The molecular formula is C23H20N2O5. The first-order valence-electron chi connectivity index (χ1n) is 9.66. The van der Waals surface area contributed by atoms with Gasteiger partial charge in [0.25, 0.3) is 5.69 Å². The molecule has 30 heavy (non-hydrogen) atoms. The van der Waals surface area contributed by atoms with E-state index in [1.807, 2.05) is 19.1 Å². The fraction of sp³-hybridized carbons (Fsp3) is 0.217. The van der Waals surface area contributed by atoms with Crippen molar-refractivity contribution in [3.8, 4) is 0 Å². The molecule has 0 fully saturated rings. The third-order valence-electron chi connectivity index (χ3n) is 5.48. The second-order valence-corrected chi connectivity index (χ2v) is 7.47. The maximum absolute atomic E-state index is 13.4. The number of nitro benzene ring substituents is 1. The molecule has 1 aliphatic carbocycles. The average Bonchev–Trinajstić information content (AvgIpc) is 2.73. The van der Waals surface area contributed by atoms with Gasteiger partial charge >= 0.3 is 0 Å². The van der Waals surface area contributed by atoms with Gasteiger partial charge in [0.2, 0.25) is 0 Å². The Kier molecular flexibility index (Phi) is 4.95. The molecule has 0 spiro atoms. The zero-order valence-corrected chi connectivity index (χ0v) is 16.4. The van der Waals surface area contributed by atoms with Crippen molar-refractivity contribution in [2.75, 3.05) is 0 Å². The monoisotopic (exact) mass is 404 g/mol. The lowest BCUT2D eigenvalue weighted by Gasteiger charge is -2.32.